The minimum Gasteiger partial charge on any atom is -0.264 e. The molecule has 0 saturated heterocycles. The number of hydrogen-bond acceptors (Lipinski definition) is 3. The molecule has 0 aromatic rings. The molecule has 0 amide bonds. The summed E-state index contributed by atoms with van der Waals surface area (Å²) < 4.78 is 33.0. The van der Waals surface area contributed by atoms with Crippen LogP contribution in [0.2, 0.25) is 0 Å². The molecule has 0 unspecified atom stereocenters. The molecule has 0 radical (unpaired) electrons. The molecular formula is C12H22O4S. The van der Waals surface area contributed by atoms with Gasteiger partial charge in [0, 0.05) is 0 Å². The van der Waals surface area contributed by atoms with E-state index in [-0.39, 0.29) is 6.61 Å². The highest BCUT2D eigenvalue weighted by Gasteiger charge is 2.01. The maximum atomic E-state index is 10.2. The van der Waals surface area contributed by atoms with Gasteiger partial charge < -0.3 is 0 Å². The van der Waals surface area contributed by atoms with Gasteiger partial charge in [-0.15, -0.1) is 0 Å². The topological polar surface area (TPSA) is 63.6 Å². The number of hydrogen-bond donors (Lipinski definition) is 1. The first-order valence-corrected chi connectivity index (χ1v) is 7.09. The van der Waals surface area contributed by atoms with Gasteiger partial charge in [-0.2, -0.15) is 8.42 Å². The first-order valence-electron chi connectivity index (χ1n) is 5.73. The Hall–Kier alpha value is -0.650. The standard InChI is InChI=1S/C12H22O4S/c1-11(2)7-6-9-12(3)8-4-5-10-16-17(13,14)15/h4,7-8,12H,5-6,9-10H2,1-3H3,(H,13,14,15)/b8-4+/t12-/m0/s1. The van der Waals surface area contributed by atoms with Gasteiger partial charge in [0.1, 0.15) is 0 Å². The van der Waals surface area contributed by atoms with Gasteiger partial charge in [0.15, 0.2) is 0 Å². The number of rotatable bonds is 8. The van der Waals surface area contributed by atoms with E-state index in [1.807, 2.05) is 12.2 Å². The van der Waals surface area contributed by atoms with Crippen LogP contribution >= 0.6 is 0 Å². The molecule has 17 heavy (non-hydrogen) atoms. The third-order valence-corrected chi connectivity index (χ3v) is 2.62. The van der Waals surface area contributed by atoms with Crippen molar-refractivity contribution in [2.24, 2.45) is 5.92 Å². The van der Waals surface area contributed by atoms with E-state index in [2.05, 4.69) is 31.0 Å². The smallest absolute Gasteiger partial charge is 0.264 e. The average Bonchev–Trinajstić information content (AvgIpc) is 2.14. The van der Waals surface area contributed by atoms with Crippen molar-refractivity contribution in [2.45, 2.75) is 40.0 Å². The van der Waals surface area contributed by atoms with Crippen LogP contribution in [0.1, 0.15) is 40.0 Å². The van der Waals surface area contributed by atoms with E-state index in [0.29, 0.717) is 12.3 Å². The summed E-state index contributed by atoms with van der Waals surface area (Å²) in [5.41, 5.74) is 1.32. The first-order chi connectivity index (χ1) is 7.81. The van der Waals surface area contributed by atoms with E-state index in [1.54, 1.807) is 0 Å². The molecular weight excluding hydrogens is 240 g/mol. The predicted molar refractivity (Wildman–Crippen MR) is 69.1 cm³/mol. The molecule has 0 aliphatic rings. The van der Waals surface area contributed by atoms with Crippen LogP contribution in [0.3, 0.4) is 0 Å². The molecule has 5 heteroatoms. The molecule has 0 fully saturated rings. The Kier molecular flexibility index (Phi) is 8.12. The molecule has 0 aliphatic carbocycles. The predicted octanol–water partition coefficient (Wildman–Crippen LogP) is 3.13. The molecule has 0 spiro atoms. The molecule has 0 aromatic carbocycles. The Morgan fingerprint density at radius 2 is 2.00 bits per heavy atom. The van der Waals surface area contributed by atoms with Crippen LogP contribution in [-0.4, -0.2) is 19.6 Å². The quantitative estimate of drug-likeness (QED) is 0.414. The van der Waals surface area contributed by atoms with Gasteiger partial charge in [-0.1, -0.05) is 30.7 Å². The third kappa shape index (κ3) is 13.3. The first kappa shape index (κ1) is 16.4. The molecule has 0 aromatic heterocycles. The van der Waals surface area contributed by atoms with Crippen molar-refractivity contribution in [1.29, 1.82) is 0 Å². The minimum atomic E-state index is -4.29. The summed E-state index contributed by atoms with van der Waals surface area (Å²) >= 11 is 0. The van der Waals surface area contributed by atoms with Crippen molar-refractivity contribution >= 4 is 10.4 Å². The maximum Gasteiger partial charge on any atom is 0.397 e. The van der Waals surface area contributed by atoms with Crippen LogP contribution in [0.15, 0.2) is 23.8 Å². The van der Waals surface area contributed by atoms with Crippen molar-refractivity contribution in [3.05, 3.63) is 23.8 Å². The number of allylic oxidation sites excluding steroid dienone is 3. The Balaban J connectivity index is 3.67. The van der Waals surface area contributed by atoms with E-state index >= 15 is 0 Å². The highest BCUT2D eigenvalue weighted by atomic mass is 32.3. The highest BCUT2D eigenvalue weighted by Crippen LogP contribution is 2.09. The van der Waals surface area contributed by atoms with Gasteiger partial charge in [-0.05, 0) is 39.0 Å². The molecule has 1 N–H and O–H groups in total. The van der Waals surface area contributed by atoms with Crippen LogP contribution < -0.4 is 0 Å². The normalized spacial score (nSPS) is 13.9. The average molecular weight is 262 g/mol. The SMILES string of the molecule is CC(C)=CCC[C@@H](C)/C=C/CCOS(=O)(=O)O. The van der Waals surface area contributed by atoms with Crippen LogP contribution in [-0.2, 0) is 14.6 Å². The Labute approximate surface area is 104 Å². The molecule has 0 rings (SSSR count). The zero-order chi connectivity index (χ0) is 13.3. The van der Waals surface area contributed by atoms with E-state index in [4.69, 9.17) is 4.55 Å². The summed E-state index contributed by atoms with van der Waals surface area (Å²) in [5, 5.41) is 0. The zero-order valence-electron chi connectivity index (χ0n) is 10.7. The van der Waals surface area contributed by atoms with Gasteiger partial charge in [-0.25, -0.2) is 4.18 Å². The monoisotopic (exact) mass is 262 g/mol. The largest absolute Gasteiger partial charge is 0.397 e. The third-order valence-electron chi connectivity index (χ3n) is 2.16. The van der Waals surface area contributed by atoms with Crippen LogP contribution in [0.4, 0.5) is 0 Å². The second-order valence-electron chi connectivity index (χ2n) is 4.30. The molecule has 0 bridgehead atoms. The lowest BCUT2D eigenvalue weighted by molar-refractivity contribution is 0.273. The van der Waals surface area contributed by atoms with E-state index in [9.17, 15) is 8.42 Å². The Bertz CT molecular complexity index is 351. The fraction of sp³-hybridized carbons (Fsp3) is 0.667. The molecule has 100 valence electrons. The Morgan fingerprint density at radius 1 is 1.35 bits per heavy atom. The van der Waals surface area contributed by atoms with Gasteiger partial charge in [0.2, 0.25) is 0 Å². The van der Waals surface area contributed by atoms with Crippen LogP contribution in [0, 0.1) is 5.92 Å². The van der Waals surface area contributed by atoms with Crippen molar-refractivity contribution in [3.8, 4) is 0 Å². The van der Waals surface area contributed by atoms with Crippen molar-refractivity contribution in [2.75, 3.05) is 6.61 Å². The summed E-state index contributed by atoms with van der Waals surface area (Å²) in [6, 6.07) is 0. The lowest BCUT2D eigenvalue weighted by Gasteiger charge is -2.03. The molecule has 0 aliphatic heterocycles. The summed E-state index contributed by atoms with van der Waals surface area (Å²) in [5.74, 6) is 0.455. The highest BCUT2D eigenvalue weighted by molar-refractivity contribution is 7.80. The van der Waals surface area contributed by atoms with E-state index < -0.39 is 10.4 Å². The van der Waals surface area contributed by atoms with Crippen molar-refractivity contribution in [3.63, 3.8) is 0 Å². The van der Waals surface area contributed by atoms with Gasteiger partial charge in [0.25, 0.3) is 0 Å². The fourth-order valence-corrected chi connectivity index (χ4v) is 1.59. The summed E-state index contributed by atoms with van der Waals surface area (Å²) in [7, 11) is -4.29. The lowest BCUT2D eigenvalue weighted by atomic mass is 10.0. The maximum absolute atomic E-state index is 10.2. The van der Waals surface area contributed by atoms with Crippen molar-refractivity contribution < 1.29 is 17.2 Å². The molecule has 0 saturated carbocycles. The van der Waals surface area contributed by atoms with E-state index in [1.165, 1.54) is 5.57 Å². The molecule has 1 atom stereocenters. The minimum absolute atomic E-state index is 0.0178. The summed E-state index contributed by atoms with van der Waals surface area (Å²) in [4.78, 5) is 0. The van der Waals surface area contributed by atoms with Gasteiger partial charge in [-0.3, -0.25) is 4.55 Å². The summed E-state index contributed by atoms with van der Waals surface area (Å²) in [6.45, 7) is 6.25. The zero-order valence-corrected chi connectivity index (χ0v) is 11.5. The Morgan fingerprint density at radius 3 is 2.53 bits per heavy atom. The molecule has 0 heterocycles. The lowest BCUT2D eigenvalue weighted by Crippen LogP contribution is -2.04. The second kappa shape index (κ2) is 8.44. The molecule has 4 nitrogen and oxygen atoms in total. The van der Waals surface area contributed by atoms with Crippen LogP contribution in [0.25, 0.3) is 0 Å². The van der Waals surface area contributed by atoms with E-state index in [0.717, 1.165) is 12.8 Å². The van der Waals surface area contributed by atoms with Crippen molar-refractivity contribution in [1.82, 2.24) is 0 Å². The fourth-order valence-electron chi connectivity index (χ4n) is 1.28. The van der Waals surface area contributed by atoms with Gasteiger partial charge >= 0.3 is 10.4 Å². The van der Waals surface area contributed by atoms with Gasteiger partial charge in [0.05, 0.1) is 6.61 Å². The second-order valence-corrected chi connectivity index (χ2v) is 5.39. The van der Waals surface area contributed by atoms with Crippen LogP contribution in [0.5, 0.6) is 0 Å². The summed E-state index contributed by atoms with van der Waals surface area (Å²) in [6.07, 6.45) is 8.71.